The number of aromatic amines is 1. The van der Waals surface area contributed by atoms with Gasteiger partial charge in [0.1, 0.15) is 23.5 Å². The van der Waals surface area contributed by atoms with Crippen LogP contribution < -0.4 is 10.6 Å². The van der Waals surface area contributed by atoms with E-state index in [2.05, 4.69) is 69.1 Å². The number of carbonyl (C=O) groups excluding carboxylic acids is 4. The lowest BCUT2D eigenvalue weighted by molar-refractivity contribution is -0.136. The van der Waals surface area contributed by atoms with Crippen molar-refractivity contribution in [1.29, 1.82) is 0 Å². The number of hydrogen-bond donors (Lipinski definition) is 3. The molecule has 0 saturated carbocycles. The van der Waals surface area contributed by atoms with E-state index in [-0.39, 0.29) is 29.8 Å². The van der Waals surface area contributed by atoms with E-state index >= 15 is 0 Å². The highest BCUT2D eigenvalue weighted by molar-refractivity contribution is 6.05. The number of amides is 4. The molecule has 13 heteroatoms. The Morgan fingerprint density at radius 1 is 0.845 bits per heavy atom. The zero-order valence-corrected chi connectivity index (χ0v) is 35.1. The Balaban J connectivity index is 1.07. The van der Waals surface area contributed by atoms with Gasteiger partial charge in [-0.2, -0.15) is 0 Å². The van der Waals surface area contributed by atoms with Crippen LogP contribution in [-0.4, -0.2) is 93.4 Å². The van der Waals surface area contributed by atoms with E-state index < -0.39 is 35.3 Å². The summed E-state index contributed by atoms with van der Waals surface area (Å²) >= 11 is 0. The molecule has 308 valence electrons. The number of H-pyrrole nitrogens is 1. The first kappa shape index (κ1) is 41.9. The molecule has 0 radical (unpaired) electrons. The van der Waals surface area contributed by atoms with Crippen molar-refractivity contribution in [2.75, 3.05) is 20.2 Å². The largest absolute Gasteiger partial charge is 0.453 e. The van der Waals surface area contributed by atoms with Crippen LogP contribution in [0.15, 0.2) is 78.1 Å². The molecule has 0 spiro atoms. The average Bonchev–Trinajstić information content (AvgIpc) is 4.01. The third kappa shape index (κ3) is 9.52. The molecule has 1 aromatic heterocycles. The lowest BCUT2D eigenvalue weighted by atomic mass is 9.85. The number of benzene rings is 2. The van der Waals surface area contributed by atoms with Crippen LogP contribution in [0, 0.1) is 11.3 Å². The van der Waals surface area contributed by atoms with Crippen molar-refractivity contribution in [1.82, 2.24) is 30.4 Å². The van der Waals surface area contributed by atoms with E-state index in [9.17, 15) is 19.2 Å². The predicted octanol–water partition coefficient (Wildman–Crippen LogP) is 7.68. The number of allylic oxidation sites excluding steroid dienone is 1. The smallest absolute Gasteiger partial charge is 0.408 e. The Hall–Kier alpha value is -5.72. The van der Waals surface area contributed by atoms with Crippen LogP contribution in [0.4, 0.5) is 9.59 Å². The number of methoxy groups -OCH3 is 1. The summed E-state index contributed by atoms with van der Waals surface area (Å²) in [4.78, 5) is 68.7. The van der Waals surface area contributed by atoms with Gasteiger partial charge in [-0.3, -0.25) is 14.6 Å². The average molecular weight is 792 g/mol. The van der Waals surface area contributed by atoms with Gasteiger partial charge in [-0.1, -0.05) is 95.3 Å². The number of likely N-dealkylation sites (tertiary alicyclic amines) is 1. The van der Waals surface area contributed by atoms with E-state index in [1.165, 1.54) is 7.11 Å². The van der Waals surface area contributed by atoms with Crippen LogP contribution in [0.3, 0.4) is 0 Å². The molecule has 0 bridgehead atoms. The fourth-order valence-corrected chi connectivity index (χ4v) is 7.65. The third-order valence-electron chi connectivity index (χ3n) is 10.7. The molecule has 58 heavy (non-hydrogen) atoms. The zero-order valence-electron chi connectivity index (χ0n) is 35.1. The fraction of sp³-hybridized carbons (Fsp3) is 0.467. The summed E-state index contributed by atoms with van der Waals surface area (Å²) in [6.07, 6.45) is 8.67. The number of alkyl carbamates (subject to hydrolysis) is 2. The van der Waals surface area contributed by atoms with Gasteiger partial charge in [0.05, 0.1) is 31.1 Å². The van der Waals surface area contributed by atoms with E-state index in [1.807, 2.05) is 57.9 Å². The van der Waals surface area contributed by atoms with Gasteiger partial charge in [-0.15, -0.1) is 0 Å². The van der Waals surface area contributed by atoms with Crippen LogP contribution in [0.2, 0.25) is 0 Å². The Kier molecular flexibility index (Phi) is 12.3. The molecule has 0 aliphatic carbocycles. The van der Waals surface area contributed by atoms with Crippen molar-refractivity contribution in [2.24, 2.45) is 16.3 Å². The normalized spacial score (nSPS) is 19.1. The molecule has 4 amide bonds. The third-order valence-corrected chi connectivity index (χ3v) is 10.7. The van der Waals surface area contributed by atoms with E-state index in [0.29, 0.717) is 19.5 Å². The van der Waals surface area contributed by atoms with Crippen LogP contribution in [0.5, 0.6) is 0 Å². The minimum absolute atomic E-state index is 0.106. The summed E-state index contributed by atoms with van der Waals surface area (Å²) in [5.74, 6) is 0.303. The van der Waals surface area contributed by atoms with E-state index in [0.717, 1.165) is 57.9 Å². The highest BCUT2D eigenvalue weighted by atomic mass is 16.6. The Morgan fingerprint density at radius 3 is 2.09 bits per heavy atom. The van der Waals surface area contributed by atoms with Crippen LogP contribution in [-0.2, 0) is 19.1 Å². The lowest BCUT2D eigenvalue weighted by Crippen LogP contribution is -2.57. The Bertz CT molecular complexity index is 2090. The molecule has 1 saturated heterocycles. The number of hydrogen-bond acceptors (Lipinski definition) is 8. The van der Waals surface area contributed by atoms with Gasteiger partial charge < -0.3 is 34.9 Å². The molecule has 4 heterocycles. The summed E-state index contributed by atoms with van der Waals surface area (Å²) in [7, 11) is 1.29. The molecule has 1 fully saturated rings. The number of carbonyl (C=O) groups is 4. The molecular formula is C45H57N7O6. The topological polar surface area (TPSA) is 158 Å². The standard InChI is InChI=1S/C45H57N7O6/c1-27(2)37(49-42(55)57-9)40(53)52-23-11-13-36(52)39-47-26-34(48-39)31-20-18-29(19-21-31)28-14-16-30(17-15-28)32-24-33(46-25-32)35-12-10-22-51(35)41(54)38(44(3,4)5)50-43(56)58-45(6,7)8/h10,12,14-21,25-27,35-38H,11,13,22-24H2,1-9H3,(H,47,48)(H,49,55)(H,50,56)/t35-,36-,37-,38+/m0/s1. The van der Waals surface area contributed by atoms with Crippen molar-refractivity contribution in [3.63, 3.8) is 0 Å². The van der Waals surface area contributed by atoms with Gasteiger partial charge in [0, 0.05) is 31.4 Å². The molecule has 4 atom stereocenters. The highest BCUT2D eigenvalue weighted by Crippen LogP contribution is 2.34. The lowest BCUT2D eigenvalue weighted by Gasteiger charge is -2.36. The number of imidazole rings is 1. The number of aliphatic imine (C=N–C) groups is 1. The van der Waals surface area contributed by atoms with Crippen molar-refractivity contribution < 1.29 is 28.7 Å². The SMILES string of the molecule is COC(=O)N[C@H](C(=O)N1CCC[C@H]1c1ncc(-c2ccc(-c3ccc(C4=CN=C([C@@H]5C=CCN5C(=O)[C@@H](NC(=O)OC(C)(C)C)C(C)(C)C)C4)cc3)cc2)[nH]1)C(C)C. The number of nitrogens with zero attached hydrogens (tertiary/aromatic N) is 4. The first-order chi connectivity index (χ1) is 27.4. The first-order valence-corrected chi connectivity index (χ1v) is 20.1. The van der Waals surface area contributed by atoms with Gasteiger partial charge in [0.25, 0.3) is 0 Å². The minimum Gasteiger partial charge on any atom is -0.453 e. The van der Waals surface area contributed by atoms with Crippen LogP contribution in [0.25, 0.3) is 28.0 Å². The maximum absolute atomic E-state index is 14.0. The van der Waals surface area contributed by atoms with E-state index in [4.69, 9.17) is 14.5 Å². The number of nitrogens with one attached hydrogen (secondary N) is 3. The summed E-state index contributed by atoms with van der Waals surface area (Å²) in [6, 6.07) is 14.7. The second-order valence-corrected chi connectivity index (χ2v) is 17.6. The minimum atomic E-state index is -0.778. The first-order valence-electron chi connectivity index (χ1n) is 20.1. The summed E-state index contributed by atoms with van der Waals surface area (Å²) in [5.41, 5.74) is 5.76. The summed E-state index contributed by atoms with van der Waals surface area (Å²) in [5, 5.41) is 5.53. The van der Waals surface area contributed by atoms with Crippen molar-refractivity contribution in [3.05, 3.63) is 84.5 Å². The monoisotopic (exact) mass is 791 g/mol. The van der Waals surface area contributed by atoms with Gasteiger partial charge in [0.2, 0.25) is 11.8 Å². The quantitative estimate of drug-likeness (QED) is 0.178. The number of rotatable bonds is 10. The number of ether oxygens (including phenoxy) is 2. The van der Waals surface area contributed by atoms with Crippen LogP contribution in [0.1, 0.15) is 92.1 Å². The van der Waals surface area contributed by atoms with Gasteiger partial charge >= 0.3 is 12.2 Å². The van der Waals surface area contributed by atoms with E-state index in [1.54, 1.807) is 31.9 Å². The zero-order chi connectivity index (χ0) is 41.9. The Labute approximate surface area is 341 Å². The predicted molar refractivity (Wildman–Crippen MR) is 225 cm³/mol. The maximum atomic E-state index is 14.0. The molecule has 2 aromatic carbocycles. The number of aromatic nitrogens is 2. The van der Waals surface area contributed by atoms with Gasteiger partial charge in [-0.25, -0.2) is 14.6 Å². The molecule has 3 N–H and O–H groups in total. The molecule has 0 unspecified atom stereocenters. The van der Waals surface area contributed by atoms with Crippen molar-refractivity contribution in [3.8, 4) is 22.4 Å². The van der Waals surface area contributed by atoms with Crippen molar-refractivity contribution in [2.45, 2.75) is 104 Å². The van der Waals surface area contributed by atoms with Gasteiger partial charge in [0.15, 0.2) is 0 Å². The summed E-state index contributed by atoms with van der Waals surface area (Å²) in [6.45, 7) is 16.0. The van der Waals surface area contributed by atoms with Crippen molar-refractivity contribution >= 4 is 35.3 Å². The molecule has 3 aromatic rings. The second-order valence-electron chi connectivity index (χ2n) is 17.6. The molecule has 3 aliphatic heterocycles. The van der Waals surface area contributed by atoms with Crippen LogP contribution >= 0.6 is 0 Å². The second kappa shape index (κ2) is 17.0. The summed E-state index contributed by atoms with van der Waals surface area (Å²) < 4.78 is 10.2. The molecule has 3 aliphatic rings. The molecular weight excluding hydrogens is 735 g/mol. The van der Waals surface area contributed by atoms with Gasteiger partial charge in [-0.05, 0) is 72.8 Å². The Morgan fingerprint density at radius 2 is 1.48 bits per heavy atom. The fourth-order valence-electron chi connectivity index (χ4n) is 7.65. The maximum Gasteiger partial charge on any atom is 0.408 e. The molecule has 13 nitrogen and oxygen atoms in total. The molecule has 6 rings (SSSR count). The highest BCUT2D eigenvalue weighted by Gasteiger charge is 2.41.